The molecule has 0 spiro atoms. The average molecular weight is 308 g/mol. The number of nitrogens with two attached hydrogens (primary N) is 1. The highest BCUT2D eigenvalue weighted by Gasteiger charge is 2.09. The van der Waals surface area contributed by atoms with Gasteiger partial charge in [0.15, 0.2) is 0 Å². The SMILES string of the molecule is Nc1cnccc1Cc1ccc(F)cc1OCc1ccccc1. The zero-order chi connectivity index (χ0) is 16.1. The highest BCUT2D eigenvalue weighted by molar-refractivity contribution is 5.48. The number of anilines is 1. The average Bonchev–Trinajstić information content (AvgIpc) is 2.58. The Kier molecular flexibility index (Phi) is 4.52. The van der Waals surface area contributed by atoms with Crippen LogP contribution in [-0.4, -0.2) is 4.98 Å². The predicted molar refractivity (Wildman–Crippen MR) is 88.6 cm³/mol. The second-order valence-corrected chi connectivity index (χ2v) is 5.28. The Hall–Kier alpha value is -2.88. The summed E-state index contributed by atoms with van der Waals surface area (Å²) in [5.74, 6) is 0.213. The van der Waals surface area contributed by atoms with Crippen molar-refractivity contribution in [2.45, 2.75) is 13.0 Å². The molecule has 3 rings (SSSR count). The summed E-state index contributed by atoms with van der Waals surface area (Å²) in [4.78, 5) is 3.98. The van der Waals surface area contributed by atoms with Crippen LogP contribution in [0, 0.1) is 5.82 Å². The molecule has 23 heavy (non-hydrogen) atoms. The summed E-state index contributed by atoms with van der Waals surface area (Å²) < 4.78 is 19.4. The number of halogens is 1. The van der Waals surface area contributed by atoms with Crippen LogP contribution < -0.4 is 10.5 Å². The van der Waals surface area contributed by atoms with Gasteiger partial charge in [0.1, 0.15) is 18.2 Å². The van der Waals surface area contributed by atoms with Gasteiger partial charge in [-0.1, -0.05) is 36.4 Å². The first-order valence-electron chi connectivity index (χ1n) is 7.36. The topological polar surface area (TPSA) is 48.1 Å². The monoisotopic (exact) mass is 308 g/mol. The number of hydrogen-bond acceptors (Lipinski definition) is 3. The number of rotatable bonds is 5. The van der Waals surface area contributed by atoms with Crippen molar-refractivity contribution in [3.05, 3.63) is 89.5 Å². The maximum atomic E-state index is 13.6. The van der Waals surface area contributed by atoms with Gasteiger partial charge in [0.2, 0.25) is 0 Å². The fourth-order valence-electron chi connectivity index (χ4n) is 2.35. The number of aromatic nitrogens is 1. The molecular weight excluding hydrogens is 291 g/mol. The van der Waals surface area contributed by atoms with E-state index in [1.807, 2.05) is 36.4 Å². The molecule has 0 amide bonds. The van der Waals surface area contributed by atoms with Crippen LogP contribution in [0.3, 0.4) is 0 Å². The molecule has 2 aromatic carbocycles. The van der Waals surface area contributed by atoms with E-state index in [2.05, 4.69) is 4.98 Å². The lowest BCUT2D eigenvalue weighted by atomic mass is 10.0. The molecule has 0 unspecified atom stereocenters. The van der Waals surface area contributed by atoms with Crippen LogP contribution in [0.5, 0.6) is 5.75 Å². The van der Waals surface area contributed by atoms with E-state index in [1.165, 1.54) is 12.1 Å². The maximum absolute atomic E-state index is 13.6. The molecule has 2 N–H and O–H groups in total. The van der Waals surface area contributed by atoms with E-state index in [4.69, 9.17) is 10.5 Å². The highest BCUT2D eigenvalue weighted by Crippen LogP contribution is 2.25. The molecule has 0 aliphatic rings. The summed E-state index contributed by atoms with van der Waals surface area (Å²) in [6.45, 7) is 0.392. The molecule has 0 aliphatic heterocycles. The van der Waals surface area contributed by atoms with Gasteiger partial charge in [-0.15, -0.1) is 0 Å². The molecule has 0 aliphatic carbocycles. The largest absolute Gasteiger partial charge is 0.489 e. The predicted octanol–water partition coefficient (Wildman–Crippen LogP) is 3.97. The summed E-state index contributed by atoms with van der Waals surface area (Å²) in [5, 5.41) is 0. The molecule has 0 fully saturated rings. The second-order valence-electron chi connectivity index (χ2n) is 5.28. The van der Waals surface area contributed by atoms with Gasteiger partial charge in [-0.05, 0) is 28.8 Å². The number of nitrogens with zero attached hydrogens (tertiary/aromatic N) is 1. The number of benzene rings is 2. The summed E-state index contributed by atoms with van der Waals surface area (Å²) in [6, 6.07) is 16.2. The third kappa shape index (κ3) is 3.86. The molecule has 3 nitrogen and oxygen atoms in total. The Bertz CT molecular complexity index is 790. The zero-order valence-electron chi connectivity index (χ0n) is 12.6. The van der Waals surface area contributed by atoms with Crippen molar-refractivity contribution in [2.24, 2.45) is 0 Å². The molecule has 0 saturated heterocycles. The summed E-state index contributed by atoms with van der Waals surface area (Å²) in [7, 11) is 0. The molecule has 116 valence electrons. The molecule has 1 heterocycles. The van der Waals surface area contributed by atoms with Gasteiger partial charge in [0.25, 0.3) is 0 Å². The number of pyridine rings is 1. The zero-order valence-corrected chi connectivity index (χ0v) is 12.6. The Morgan fingerprint density at radius 1 is 1.00 bits per heavy atom. The number of nitrogen functional groups attached to an aromatic ring is 1. The van der Waals surface area contributed by atoms with Gasteiger partial charge in [0.05, 0.1) is 11.9 Å². The smallest absolute Gasteiger partial charge is 0.126 e. The first-order valence-corrected chi connectivity index (χ1v) is 7.36. The van der Waals surface area contributed by atoms with Crippen molar-refractivity contribution >= 4 is 5.69 Å². The van der Waals surface area contributed by atoms with E-state index >= 15 is 0 Å². The van der Waals surface area contributed by atoms with Gasteiger partial charge in [0, 0.05) is 18.7 Å². The molecule has 0 atom stereocenters. The quantitative estimate of drug-likeness (QED) is 0.776. The third-order valence-corrected chi connectivity index (χ3v) is 3.59. The van der Waals surface area contributed by atoms with E-state index < -0.39 is 0 Å². The van der Waals surface area contributed by atoms with Crippen molar-refractivity contribution in [3.8, 4) is 5.75 Å². The molecular formula is C19H17FN2O. The van der Waals surface area contributed by atoms with Gasteiger partial charge in [-0.25, -0.2) is 4.39 Å². The lowest BCUT2D eigenvalue weighted by molar-refractivity contribution is 0.302. The first-order chi connectivity index (χ1) is 11.2. The van der Waals surface area contributed by atoms with E-state index in [-0.39, 0.29) is 5.82 Å². The van der Waals surface area contributed by atoms with Gasteiger partial charge in [-0.3, -0.25) is 4.98 Å². The van der Waals surface area contributed by atoms with Gasteiger partial charge >= 0.3 is 0 Å². The second kappa shape index (κ2) is 6.92. The first kappa shape index (κ1) is 15.0. The normalized spacial score (nSPS) is 10.5. The van der Waals surface area contributed by atoms with Crippen molar-refractivity contribution < 1.29 is 9.13 Å². The summed E-state index contributed by atoms with van der Waals surface area (Å²) in [5.41, 5.74) is 9.42. The maximum Gasteiger partial charge on any atom is 0.126 e. The summed E-state index contributed by atoms with van der Waals surface area (Å²) in [6.07, 6.45) is 3.88. The highest BCUT2D eigenvalue weighted by atomic mass is 19.1. The van der Waals surface area contributed by atoms with Crippen LogP contribution in [0.25, 0.3) is 0 Å². The summed E-state index contributed by atoms with van der Waals surface area (Å²) >= 11 is 0. The Labute approximate surface area is 134 Å². The number of hydrogen-bond donors (Lipinski definition) is 1. The van der Waals surface area contributed by atoms with E-state index in [9.17, 15) is 4.39 Å². The van der Waals surface area contributed by atoms with Gasteiger partial charge in [-0.2, -0.15) is 0 Å². The van der Waals surface area contributed by atoms with Crippen molar-refractivity contribution in [2.75, 3.05) is 5.73 Å². The molecule has 0 saturated carbocycles. The van der Waals surface area contributed by atoms with Crippen LogP contribution in [0.4, 0.5) is 10.1 Å². The standard InChI is InChI=1S/C19H17FN2O/c20-17-7-6-16(10-15-8-9-22-12-18(15)21)19(11-17)23-13-14-4-2-1-3-5-14/h1-9,11-12H,10,13,21H2. The van der Waals surface area contributed by atoms with Crippen LogP contribution in [0.15, 0.2) is 67.0 Å². The van der Waals surface area contributed by atoms with Crippen molar-refractivity contribution in [1.82, 2.24) is 4.98 Å². The fourth-order valence-corrected chi connectivity index (χ4v) is 2.35. The molecule has 1 aromatic heterocycles. The van der Waals surface area contributed by atoms with Crippen molar-refractivity contribution in [1.29, 1.82) is 0 Å². The van der Waals surface area contributed by atoms with E-state index in [0.717, 1.165) is 16.7 Å². The lowest BCUT2D eigenvalue weighted by Gasteiger charge is -2.13. The molecule has 0 radical (unpaired) electrons. The fraction of sp³-hybridized carbons (Fsp3) is 0.105. The van der Waals surface area contributed by atoms with Crippen LogP contribution in [0.1, 0.15) is 16.7 Å². The molecule has 4 heteroatoms. The molecule has 0 bridgehead atoms. The Morgan fingerprint density at radius 3 is 2.61 bits per heavy atom. The third-order valence-electron chi connectivity index (χ3n) is 3.59. The minimum atomic E-state index is -0.320. The van der Waals surface area contributed by atoms with Crippen LogP contribution in [-0.2, 0) is 13.0 Å². The molecule has 3 aromatic rings. The van der Waals surface area contributed by atoms with Crippen LogP contribution >= 0.6 is 0 Å². The Morgan fingerprint density at radius 2 is 1.83 bits per heavy atom. The van der Waals surface area contributed by atoms with Gasteiger partial charge < -0.3 is 10.5 Å². The van der Waals surface area contributed by atoms with E-state index in [1.54, 1.807) is 18.5 Å². The Balaban J connectivity index is 1.82. The minimum absolute atomic E-state index is 0.320. The lowest BCUT2D eigenvalue weighted by Crippen LogP contribution is -2.02. The van der Waals surface area contributed by atoms with Crippen LogP contribution in [0.2, 0.25) is 0 Å². The number of ether oxygens (including phenoxy) is 1. The minimum Gasteiger partial charge on any atom is -0.489 e. The van der Waals surface area contributed by atoms with Crippen molar-refractivity contribution in [3.63, 3.8) is 0 Å². The van der Waals surface area contributed by atoms with E-state index in [0.29, 0.717) is 24.5 Å².